The van der Waals surface area contributed by atoms with E-state index in [1.54, 1.807) is 0 Å². The van der Waals surface area contributed by atoms with Gasteiger partial charge in [0.05, 0.1) is 17.2 Å². The summed E-state index contributed by atoms with van der Waals surface area (Å²) in [5.74, 6) is -0.419. The number of carbonyl (C=O) groups excluding carboxylic acids is 1. The Balaban J connectivity index is 1.36. The number of benzene rings is 1. The topological polar surface area (TPSA) is 83.4 Å². The Bertz CT molecular complexity index is 1260. The second-order valence-electron chi connectivity index (χ2n) is 10.1. The second kappa shape index (κ2) is 11.1. The Labute approximate surface area is 214 Å². The molecule has 1 amide bonds. The van der Waals surface area contributed by atoms with Crippen LogP contribution < -0.4 is 10.9 Å². The third-order valence-corrected chi connectivity index (χ3v) is 8.32. The number of rotatable bonds is 7. The largest absolute Gasteiger partial charge is 0.304 e. The van der Waals surface area contributed by atoms with Crippen LogP contribution in [-0.2, 0) is 11.3 Å². The maximum Gasteiger partial charge on any atom is 0.262 e. The molecule has 8 nitrogen and oxygen atoms in total. The highest BCUT2D eigenvalue weighted by Crippen LogP contribution is 2.31. The Morgan fingerprint density at radius 1 is 1.17 bits per heavy atom. The molecule has 1 aliphatic carbocycles. The van der Waals surface area contributed by atoms with E-state index in [1.807, 2.05) is 6.20 Å². The van der Waals surface area contributed by atoms with Crippen molar-refractivity contribution in [3.05, 3.63) is 51.8 Å². The number of amides is 1. The van der Waals surface area contributed by atoms with E-state index in [1.165, 1.54) is 46.9 Å². The van der Waals surface area contributed by atoms with Crippen LogP contribution in [-0.4, -0.2) is 63.5 Å². The maximum absolute atomic E-state index is 13.9. The third kappa shape index (κ3) is 5.82. The fourth-order valence-electron chi connectivity index (χ4n) is 5.27. The van der Waals surface area contributed by atoms with E-state index in [2.05, 4.69) is 32.1 Å². The van der Waals surface area contributed by atoms with Crippen LogP contribution in [0.1, 0.15) is 49.4 Å². The lowest BCUT2D eigenvalue weighted by Crippen LogP contribution is -2.43. The van der Waals surface area contributed by atoms with Gasteiger partial charge in [0, 0.05) is 43.8 Å². The summed E-state index contributed by atoms with van der Waals surface area (Å²) in [5.41, 5.74) is 0.0216. The van der Waals surface area contributed by atoms with Crippen molar-refractivity contribution < 1.29 is 9.18 Å². The van der Waals surface area contributed by atoms with Crippen LogP contribution in [0.15, 0.2) is 35.5 Å². The lowest BCUT2D eigenvalue weighted by Gasteiger charge is -2.31. The number of hydrogen-bond donors (Lipinski definition) is 1. The molecule has 192 valence electrons. The van der Waals surface area contributed by atoms with E-state index in [-0.39, 0.29) is 11.3 Å². The summed E-state index contributed by atoms with van der Waals surface area (Å²) < 4.78 is 15.3. The summed E-state index contributed by atoms with van der Waals surface area (Å²) in [6.07, 6.45) is 9.36. The first-order valence-corrected chi connectivity index (χ1v) is 13.6. The highest BCUT2D eigenvalue weighted by molar-refractivity contribution is 7.15. The zero-order chi connectivity index (χ0) is 25.1. The van der Waals surface area contributed by atoms with Crippen molar-refractivity contribution >= 4 is 33.3 Å². The molecule has 3 heterocycles. The monoisotopic (exact) mass is 512 g/mol. The third-order valence-electron chi connectivity index (χ3n) is 7.42. The average molecular weight is 513 g/mol. The molecule has 0 bridgehead atoms. The summed E-state index contributed by atoms with van der Waals surface area (Å²) in [6, 6.07) is 3.24. The quantitative estimate of drug-likeness (QED) is 0.517. The Morgan fingerprint density at radius 3 is 2.72 bits per heavy atom. The lowest BCUT2D eigenvalue weighted by atomic mass is 9.84. The van der Waals surface area contributed by atoms with Gasteiger partial charge >= 0.3 is 0 Å². The van der Waals surface area contributed by atoms with Gasteiger partial charge in [0.15, 0.2) is 5.13 Å². The maximum atomic E-state index is 13.9. The number of likely N-dealkylation sites (N-methyl/N-ethyl adjacent to an activating group) is 1. The van der Waals surface area contributed by atoms with Crippen LogP contribution in [0.4, 0.5) is 9.52 Å². The molecule has 1 unspecified atom stereocenters. The number of nitrogens with one attached hydrogen (secondary N) is 1. The molecule has 0 spiro atoms. The van der Waals surface area contributed by atoms with Gasteiger partial charge in [-0.25, -0.2) is 14.4 Å². The molecule has 1 aliphatic heterocycles. The molecular formula is C26H33FN6O2S. The summed E-state index contributed by atoms with van der Waals surface area (Å²) in [7, 11) is 2.13. The molecule has 3 aromatic rings. The number of piperazine rings is 1. The molecule has 0 radical (unpaired) electrons. The average Bonchev–Trinajstić information content (AvgIpc) is 3.32. The number of anilines is 1. The van der Waals surface area contributed by atoms with Crippen LogP contribution in [0, 0.1) is 11.7 Å². The van der Waals surface area contributed by atoms with E-state index in [4.69, 9.17) is 0 Å². The number of halogens is 1. The van der Waals surface area contributed by atoms with Gasteiger partial charge in [-0.1, -0.05) is 32.1 Å². The molecular weight excluding hydrogens is 479 g/mol. The van der Waals surface area contributed by atoms with Gasteiger partial charge in [-0.15, -0.1) is 11.3 Å². The molecule has 2 fully saturated rings. The number of aromatic nitrogens is 3. The Kier molecular flexibility index (Phi) is 7.73. The van der Waals surface area contributed by atoms with Crippen molar-refractivity contribution in [2.75, 3.05) is 38.5 Å². The minimum absolute atomic E-state index is 0.183. The van der Waals surface area contributed by atoms with Gasteiger partial charge in [0.2, 0.25) is 5.91 Å². The zero-order valence-electron chi connectivity index (χ0n) is 20.7. The van der Waals surface area contributed by atoms with Crippen molar-refractivity contribution in [1.29, 1.82) is 0 Å². The van der Waals surface area contributed by atoms with E-state index in [9.17, 15) is 14.0 Å². The number of hydrogen-bond acceptors (Lipinski definition) is 7. The molecule has 10 heteroatoms. The summed E-state index contributed by atoms with van der Waals surface area (Å²) in [6.45, 7) is 4.93. The second-order valence-corrected chi connectivity index (χ2v) is 11.2. The van der Waals surface area contributed by atoms with E-state index in [0.29, 0.717) is 23.0 Å². The van der Waals surface area contributed by atoms with Crippen molar-refractivity contribution in [3.8, 4) is 0 Å². The molecule has 1 saturated carbocycles. The van der Waals surface area contributed by atoms with Gasteiger partial charge in [-0.2, -0.15) is 0 Å². The van der Waals surface area contributed by atoms with Gasteiger partial charge in [-0.05, 0) is 37.6 Å². The molecule has 1 atom stereocenters. The fraction of sp³-hybridized carbons (Fsp3) is 0.538. The normalized spacial score (nSPS) is 18.9. The van der Waals surface area contributed by atoms with Gasteiger partial charge in [-0.3, -0.25) is 19.1 Å². The highest BCUT2D eigenvalue weighted by Gasteiger charge is 2.28. The highest BCUT2D eigenvalue weighted by atomic mass is 32.1. The smallest absolute Gasteiger partial charge is 0.262 e. The number of nitrogens with zero attached hydrogens (tertiary/aromatic N) is 5. The Hall–Kier alpha value is -2.69. The van der Waals surface area contributed by atoms with Gasteiger partial charge < -0.3 is 10.2 Å². The molecule has 1 saturated heterocycles. The predicted molar refractivity (Wildman–Crippen MR) is 140 cm³/mol. The molecule has 2 aromatic heterocycles. The van der Waals surface area contributed by atoms with Crippen molar-refractivity contribution in [1.82, 2.24) is 24.3 Å². The van der Waals surface area contributed by atoms with Crippen LogP contribution in [0.3, 0.4) is 0 Å². The predicted octanol–water partition coefficient (Wildman–Crippen LogP) is 3.89. The molecule has 1 aromatic carbocycles. The molecule has 5 rings (SSSR count). The van der Waals surface area contributed by atoms with Crippen LogP contribution >= 0.6 is 11.3 Å². The van der Waals surface area contributed by atoms with Crippen molar-refractivity contribution in [2.24, 2.45) is 5.92 Å². The van der Waals surface area contributed by atoms with E-state index in [0.717, 1.165) is 63.3 Å². The zero-order valence-corrected chi connectivity index (χ0v) is 21.5. The Morgan fingerprint density at radius 2 is 1.94 bits per heavy atom. The van der Waals surface area contributed by atoms with Crippen LogP contribution in [0.5, 0.6) is 0 Å². The number of thiazole rings is 1. The first-order chi connectivity index (χ1) is 17.5. The standard InChI is InChI=1S/C26H33FN6O2S/c1-31-9-11-32(12-10-31)16-20-15-28-26(36-20)30-24(34)23(13-18-5-3-2-4-6-18)33-17-29-22-8-7-19(27)14-21(22)25(33)35/h7-8,14-15,17-18,23H,2-6,9-13,16H2,1H3,(H,28,30,34). The summed E-state index contributed by atoms with van der Waals surface area (Å²) >= 11 is 1.47. The van der Waals surface area contributed by atoms with Gasteiger partial charge in [0.1, 0.15) is 11.9 Å². The van der Waals surface area contributed by atoms with Crippen LogP contribution in [0.25, 0.3) is 10.9 Å². The number of carbonyl (C=O) groups is 1. The van der Waals surface area contributed by atoms with E-state index < -0.39 is 17.4 Å². The lowest BCUT2D eigenvalue weighted by molar-refractivity contribution is -0.120. The molecule has 1 N–H and O–H groups in total. The molecule has 2 aliphatic rings. The number of fused-ring (bicyclic) bond motifs is 1. The van der Waals surface area contributed by atoms with Gasteiger partial charge in [0.25, 0.3) is 5.56 Å². The summed E-state index contributed by atoms with van der Waals surface area (Å²) in [4.78, 5) is 41.5. The minimum Gasteiger partial charge on any atom is -0.304 e. The minimum atomic E-state index is -0.731. The first-order valence-electron chi connectivity index (χ1n) is 12.8. The van der Waals surface area contributed by atoms with Crippen molar-refractivity contribution in [2.45, 2.75) is 51.1 Å². The summed E-state index contributed by atoms with van der Waals surface area (Å²) in [5, 5.41) is 3.68. The molecule has 36 heavy (non-hydrogen) atoms. The SMILES string of the molecule is CN1CCN(Cc2cnc(NC(=O)C(CC3CCCCC3)n3cnc4ccc(F)cc4c3=O)s2)CC1. The fourth-order valence-corrected chi connectivity index (χ4v) is 6.13. The van der Waals surface area contributed by atoms with E-state index >= 15 is 0 Å². The first kappa shape index (κ1) is 25.0. The van der Waals surface area contributed by atoms with Crippen LogP contribution in [0.2, 0.25) is 0 Å². The van der Waals surface area contributed by atoms with Crippen molar-refractivity contribution in [3.63, 3.8) is 0 Å².